The van der Waals surface area contributed by atoms with E-state index in [2.05, 4.69) is 20.4 Å². The Morgan fingerprint density at radius 1 is 1.47 bits per heavy atom. The van der Waals surface area contributed by atoms with E-state index in [9.17, 15) is 0 Å². The van der Waals surface area contributed by atoms with E-state index in [0.717, 1.165) is 29.8 Å². The lowest BCUT2D eigenvalue weighted by Crippen LogP contribution is -2.41. The maximum atomic E-state index is 9.09. The molecule has 1 aromatic rings. The molecule has 0 aliphatic heterocycles. The molecule has 17 heavy (non-hydrogen) atoms. The molecule has 1 aliphatic carbocycles. The minimum Gasteiger partial charge on any atom is -0.395 e. The highest BCUT2D eigenvalue weighted by Crippen LogP contribution is 2.27. The van der Waals surface area contributed by atoms with Crippen LogP contribution in [0.2, 0.25) is 0 Å². The van der Waals surface area contributed by atoms with Crippen molar-refractivity contribution < 1.29 is 5.11 Å². The normalized spacial score (nSPS) is 16.2. The summed E-state index contributed by atoms with van der Waals surface area (Å²) in [4.78, 5) is 2.32. The second-order valence-corrected chi connectivity index (χ2v) is 5.37. The largest absolute Gasteiger partial charge is 0.395 e. The second-order valence-electron chi connectivity index (χ2n) is 4.31. The van der Waals surface area contributed by atoms with Crippen LogP contribution in [0.25, 0.3) is 0 Å². The highest BCUT2D eigenvalue weighted by molar-refractivity contribution is 7.15. The Hall–Kier alpha value is -0.720. The minimum absolute atomic E-state index is 0.218. The number of nitrogens with one attached hydrogen (secondary N) is 1. The molecule has 1 aliphatic rings. The van der Waals surface area contributed by atoms with E-state index in [4.69, 9.17) is 5.11 Å². The van der Waals surface area contributed by atoms with E-state index in [1.54, 1.807) is 11.3 Å². The van der Waals surface area contributed by atoms with Gasteiger partial charge in [-0.05, 0) is 19.8 Å². The number of anilines is 1. The van der Waals surface area contributed by atoms with Gasteiger partial charge in [-0.15, -0.1) is 10.2 Å². The lowest BCUT2D eigenvalue weighted by molar-refractivity contribution is 0.0943. The van der Waals surface area contributed by atoms with E-state index >= 15 is 0 Å². The SMILES string of the molecule is CCNc1nnc(CN(CCO)C2CCC2)s1. The Morgan fingerprint density at radius 2 is 2.29 bits per heavy atom. The molecule has 6 heteroatoms. The molecular formula is C11H20N4OS. The van der Waals surface area contributed by atoms with Crippen LogP contribution in [-0.4, -0.2) is 45.9 Å². The van der Waals surface area contributed by atoms with Gasteiger partial charge in [0.25, 0.3) is 0 Å². The maximum Gasteiger partial charge on any atom is 0.205 e. The Morgan fingerprint density at radius 3 is 2.88 bits per heavy atom. The predicted octanol–water partition coefficient (Wildman–Crippen LogP) is 1.32. The summed E-state index contributed by atoms with van der Waals surface area (Å²) in [5, 5.41) is 22.4. The summed E-state index contributed by atoms with van der Waals surface area (Å²) < 4.78 is 0. The maximum absolute atomic E-state index is 9.09. The molecule has 2 N–H and O–H groups in total. The van der Waals surface area contributed by atoms with Gasteiger partial charge in [-0.25, -0.2) is 0 Å². The van der Waals surface area contributed by atoms with Crippen molar-refractivity contribution in [1.29, 1.82) is 0 Å². The predicted molar refractivity (Wildman–Crippen MR) is 69.2 cm³/mol. The fourth-order valence-electron chi connectivity index (χ4n) is 1.98. The molecule has 1 fully saturated rings. The van der Waals surface area contributed by atoms with Gasteiger partial charge in [0, 0.05) is 19.1 Å². The topological polar surface area (TPSA) is 61.3 Å². The van der Waals surface area contributed by atoms with Crippen molar-refractivity contribution in [2.24, 2.45) is 0 Å². The monoisotopic (exact) mass is 256 g/mol. The summed E-state index contributed by atoms with van der Waals surface area (Å²) in [5.74, 6) is 0. The van der Waals surface area contributed by atoms with Gasteiger partial charge >= 0.3 is 0 Å². The molecule has 0 spiro atoms. The molecule has 0 aromatic carbocycles. The van der Waals surface area contributed by atoms with Gasteiger partial charge < -0.3 is 10.4 Å². The molecule has 96 valence electrons. The lowest BCUT2D eigenvalue weighted by atomic mass is 9.91. The molecule has 1 heterocycles. The van der Waals surface area contributed by atoms with E-state index < -0.39 is 0 Å². The number of hydrogen-bond donors (Lipinski definition) is 2. The number of nitrogens with zero attached hydrogens (tertiary/aromatic N) is 3. The average Bonchev–Trinajstić information content (AvgIpc) is 2.64. The quantitative estimate of drug-likeness (QED) is 0.770. The van der Waals surface area contributed by atoms with Gasteiger partial charge in [-0.2, -0.15) is 0 Å². The fourth-order valence-corrected chi connectivity index (χ4v) is 2.82. The van der Waals surface area contributed by atoms with E-state index in [-0.39, 0.29) is 6.61 Å². The second kappa shape index (κ2) is 6.28. The van der Waals surface area contributed by atoms with Crippen LogP contribution < -0.4 is 5.32 Å². The third-order valence-corrected chi connectivity index (χ3v) is 3.98. The van der Waals surface area contributed by atoms with Gasteiger partial charge in [-0.1, -0.05) is 17.8 Å². The number of rotatable bonds is 7. The summed E-state index contributed by atoms with van der Waals surface area (Å²) >= 11 is 1.61. The van der Waals surface area contributed by atoms with Crippen LogP contribution in [0.4, 0.5) is 5.13 Å². The highest BCUT2D eigenvalue weighted by Gasteiger charge is 2.25. The van der Waals surface area contributed by atoms with Crippen LogP contribution in [0.3, 0.4) is 0 Å². The lowest BCUT2D eigenvalue weighted by Gasteiger charge is -2.36. The molecule has 0 bridgehead atoms. The zero-order valence-electron chi connectivity index (χ0n) is 10.2. The van der Waals surface area contributed by atoms with Crippen molar-refractivity contribution in [3.63, 3.8) is 0 Å². The van der Waals surface area contributed by atoms with Crippen LogP contribution >= 0.6 is 11.3 Å². The van der Waals surface area contributed by atoms with E-state index in [1.807, 2.05) is 6.92 Å². The molecule has 1 saturated carbocycles. The zero-order chi connectivity index (χ0) is 12.1. The van der Waals surface area contributed by atoms with E-state index in [1.165, 1.54) is 19.3 Å². The molecular weight excluding hydrogens is 236 g/mol. The van der Waals surface area contributed by atoms with Crippen LogP contribution in [0.1, 0.15) is 31.2 Å². The van der Waals surface area contributed by atoms with Crippen LogP contribution in [0, 0.1) is 0 Å². The number of aromatic nitrogens is 2. The van der Waals surface area contributed by atoms with Crippen molar-refractivity contribution in [3.05, 3.63) is 5.01 Å². The molecule has 0 atom stereocenters. The summed E-state index contributed by atoms with van der Waals surface area (Å²) in [7, 11) is 0. The van der Waals surface area contributed by atoms with Gasteiger partial charge in [0.15, 0.2) is 0 Å². The van der Waals surface area contributed by atoms with Crippen molar-refractivity contribution in [2.45, 2.75) is 38.8 Å². The van der Waals surface area contributed by atoms with Crippen LogP contribution in [-0.2, 0) is 6.54 Å². The Balaban J connectivity index is 1.90. The summed E-state index contributed by atoms with van der Waals surface area (Å²) in [6.45, 7) is 4.69. The summed E-state index contributed by atoms with van der Waals surface area (Å²) in [5.41, 5.74) is 0. The molecule has 1 aromatic heterocycles. The Bertz CT molecular complexity index is 340. The van der Waals surface area contributed by atoms with Gasteiger partial charge in [-0.3, -0.25) is 4.90 Å². The van der Waals surface area contributed by atoms with Crippen molar-refractivity contribution in [2.75, 3.05) is 25.0 Å². The van der Waals surface area contributed by atoms with Gasteiger partial charge in [0.1, 0.15) is 5.01 Å². The first kappa shape index (κ1) is 12.7. The number of aliphatic hydroxyl groups is 1. The van der Waals surface area contributed by atoms with Gasteiger partial charge in [0.05, 0.1) is 13.2 Å². The first-order valence-corrected chi connectivity index (χ1v) is 7.06. The Kier molecular flexibility index (Phi) is 4.70. The summed E-state index contributed by atoms with van der Waals surface area (Å²) in [6, 6.07) is 0.633. The Labute approximate surface area is 106 Å². The number of hydrogen-bond acceptors (Lipinski definition) is 6. The minimum atomic E-state index is 0.218. The van der Waals surface area contributed by atoms with Gasteiger partial charge in [0.2, 0.25) is 5.13 Å². The highest BCUT2D eigenvalue weighted by atomic mass is 32.1. The van der Waals surface area contributed by atoms with Crippen LogP contribution in [0.15, 0.2) is 0 Å². The fraction of sp³-hybridized carbons (Fsp3) is 0.818. The van der Waals surface area contributed by atoms with Crippen LogP contribution in [0.5, 0.6) is 0 Å². The first-order chi connectivity index (χ1) is 8.33. The smallest absolute Gasteiger partial charge is 0.205 e. The molecule has 0 saturated heterocycles. The number of aliphatic hydroxyl groups excluding tert-OH is 1. The van der Waals surface area contributed by atoms with Crippen molar-refractivity contribution in [3.8, 4) is 0 Å². The summed E-state index contributed by atoms with van der Waals surface area (Å²) in [6.07, 6.45) is 3.81. The first-order valence-electron chi connectivity index (χ1n) is 6.24. The van der Waals surface area contributed by atoms with Crippen molar-refractivity contribution >= 4 is 16.5 Å². The molecule has 5 nitrogen and oxygen atoms in total. The molecule has 2 rings (SSSR count). The van der Waals surface area contributed by atoms with E-state index in [0.29, 0.717) is 6.04 Å². The molecule has 0 radical (unpaired) electrons. The molecule has 0 amide bonds. The third kappa shape index (κ3) is 3.37. The third-order valence-electron chi connectivity index (χ3n) is 3.11. The molecule has 0 unspecified atom stereocenters. The standard InChI is InChI=1S/C11H20N4OS/c1-2-12-11-14-13-10(17-11)8-15(6-7-16)9-4-3-5-9/h9,16H,2-8H2,1H3,(H,12,14). The average molecular weight is 256 g/mol. The van der Waals surface area contributed by atoms with Crippen molar-refractivity contribution in [1.82, 2.24) is 15.1 Å². The zero-order valence-corrected chi connectivity index (χ0v) is 11.0.